The van der Waals surface area contributed by atoms with Gasteiger partial charge in [-0.3, -0.25) is 4.98 Å². The van der Waals surface area contributed by atoms with Crippen molar-refractivity contribution in [2.24, 2.45) is 7.05 Å². The van der Waals surface area contributed by atoms with E-state index in [4.69, 9.17) is 5.73 Å². The third kappa shape index (κ3) is 2.81. The SMILES string of the molecule is CN(CCc1ccncc1)S(=O)(=O)c1c(N)ncn1C. The van der Waals surface area contributed by atoms with Crippen LogP contribution in [0.25, 0.3) is 0 Å². The van der Waals surface area contributed by atoms with Crippen LogP contribution in [0, 0.1) is 0 Å². The summed E-state index contributed by atoms with van der Waals surface area (Å²) >= 11 is 0. The van der Waals surface area contributed by atoms with Crippen LogP contribution in [0.5, 0.6) is 0 Å². The molecule has 0 amide bonds. The molecule has 0 aliphatic rings. The first-order valence-corrected chi connectivity index (χ1v) is 7.49. The fraction of sp³-hybridized carbons (Fsp3) is 0.333. The lowest BCUT2D eigenvalue weighted by Crippen LogP contribution is -2.30. The minimum atomic E-state index is -3.63. The lowest BCUT2D eigenvalue weighted by molar-refractivity contribution is 0.466. The van der Waals surface area contributed by atoms with E-state index in [2.05, 4.69) is 9.97 Å². The number of aromatic nitrogens is 3. The summed E-state index contributed by atoms with van der Waals surface area (Å²) in [5.74, 6) is 0.0169. The zero-order chi connectivity index (χ0) is 14.8. The molecule has 0 aliphatic carbocycles. The number of aryl methyl sites for hydroxylation is 1. The van der Waals surface area contributed by atoms with E-state index in [1.165, 1.54) is 22.2 Å². The van der Waals surface area contributed by atoms with Gasteiger partial charge in [0, 0.05) is 33.0 Å². The second kappa shape index (κ2) is 5.59. The molecule has 0 spiro atoms. The van der Waals surface area contributed by atoms with Gasteiger partial charge in [0.2, 0.25) is 0 Å². The van der Waals surface area contributed by atoms with Crippen molar-refractivity contribution in [1.82, 2.24) is 18.8 Å². The number of pyridine rings is 1. The molecule has 2 rings (SSSR count). The normalized spacial score (nSPS) is 11.9. The molecule has 20 heavy (non-hydrogen) atoms. The maximum absolute atomic E-state index is 12.4. The number of rotatable bonds is 5. The van der Waals surface area contributed by atoms with Crippen LogP contribution in [0.2, 0.25) is 0 Å². The first kappa shape index (κ1) is 14.5. The highest BCUT2D eigenvalue weighted by Crippen LogP contribution is 2.19. The fourth-order valence-electron chi connectivity index (χ4n) is 1.86. The number of nitrogens with zero attached hydrogens (tertiary/aromatic N) is 4. The van der Waals surface area contributed by atoms with E-state index in [-0.39, 0.29) is 10.8 Å². The lowest BCUT2D eigenvalue weighted by Gasteiger charge is -2.17. The summed E-state index contributed by atoms with van der Waals surface area (Å²) in [7, 11) is -0.499. The molecule has 8 heteroatoms. The van der Waals surface area contributed by atoms with Crippen molar-refractivity contribution in [3.8, 4) is 0 Å². The van der Waals surface area contributed by atoms with Crippen LogP contribution in [0.1, 0.15) is 5.56 Å². The Morgan fingerprint density at radius 3 is 2.55 bits per heavy atom. The Kier molecular flexibility index (Phi) is 4.05. The van der Waals surface area contributed by atoms with Gasteiger partial charge in [0.25, 0.3) is 10.0 Å². The number of hydrogen-bond acceptors (Lipinski definition) is 5. The van der Waals surface area contributed by atoms with Gasteiger partial charge in [-0.15, -0.1) is 0 Å². The van der Waals surface area contributed by atoms with Gasteiger partial charge in [-0.1, -0.05) is 0 Å². The van der Waals surface area contributed by atoms with Crippen LogP contribution < -0.4 is 5.73 Å². The number of hydrogen-bond donors (Lipinski definition) is 1. The lowest BCUT2D eigenvalue weighted by atomic mass is 10.2. The van der Waals surface area contributed by atoms with E-state index in [0.29, 0.717) is 13.0 Å². The third-order valence-electron chi connectivity index (χ3n) is 3.03. The molecule has 2 heterocycles. The number of anilines is 1. The van der Waals surface area contributed by atoms with Crippen molar-refractivity contribution in [3.05, 3.63) is 36.4 Å². The summed E-state index contributed by atoms with van der Waals surface area (Å²) in [5.41, 5.74) is 6.65. The molecule has 108 valence electrons. The average Bonchev–Trinajstić information content (AvgIpc) is 2.77. The van der Waals surface area contributed by atoms with E-state index < -0.39 is 10.0 Å². The highest BCUT2D eigenvalue weighted by molar-refractivity contribution is 7.89. The first-order chi connectivity index (χ1) is 9.43. The van der Waals surface area contributed by atoms with Gasteiger partial charge in [-0.25, -0.2) is 13.4 Å². The van der Waals surface area contributed by atoms with Crippen molar-refractivity contribution >= 4 is 15.8 Å². The second-order valence-electron chi connectivity index (χ2n) is 4.48. The van der Waals surface area contributed by atoms with E-state index in [9.17, 15) is 8.42 Å². The molecule has 0 saturated heterocycles. The largest absolute Gasteiger partial charge is 0.381 e. The number of sulfonamides is 1. The molecule has 2 aromatic heterocycles. The van der Waals surface area contributed by atoms with E-state index in [1.54, 1.807) is 19.4 Å². The van der Waals surface area contributed by atoms with Crippen molar-refractivity contribution in [2.75, 3.05) is 19.3 Å². The molecule has 0 atom stereocenters. The van der Waals surface area contributed by atoms with E-state index >= 15 is 0 Å². The molecule has 0 bridgehead atoms. The Balaban J connectivity index is 2.14. The van der Waals surface area contributed by atoms with Gasteiger partial charge in [-0.05, 0) is 24.1 Å². The Labute approximate surface area is 118 Å². The van der Waals surface area contributed by atoms with Crippen LogP contribution in [-0.4, -0.2) is 40.9 Å². The van der Waals surface area contributed by atoms with E-state index in [1.807, 2.05) is 12.1 Å². The summed E-state index contributed by atoms with van der Waals surface area (Å²) in [5, 5.41) is 0.0229. The average molecular weight is 295 g/mol. The number of nitrogen functional groups attached to an aromatic ring is 1. The first-order valence-electron chi connectivity index (χ1n) is 6.05. The summed E-state index contributed by atoms with van der Waals surface area (Å²) in [6, 6.07) is 3.72. The van der Waals surface area contributed by atoms with Crippen LogP contribution in [-0.2, 0) is 23.5 Å². The predicted octanol–water partition coefficient (Wildman–Crippen LogP) is 0.260. The van der Waals surface area contributed by atoms with Crippen molar-refractivity contribution in [1.29, 1.82) is 0 Å². The van der Waals surface area contributed by atoms with Crippen LogP contribution in [0.4, 0.5) is 5.82 Å². The van der Waals surface area contributed by atoms with Gasteiger partial charge in [-0.2, -0.15) is 4.31 Å². The van der Waals surface area contributed by atoms with Gasteiger partial charge in [0.15, 0.2) is 10.8 Å². The molecule has 0 saturated carbocycles. The van der Waals surface area contributed by atoms with Gasteiger partial charge in [0.1, 0.15) is 0 Å². The van der Waals surface area contributed by atoms with Crippen LogP contribution in [0.3, 0.4) is 0 Å². The number of imidazole rings is 1. The second-order valence-corrected chi connectivity index (χ2v) is 6.44. The quantitative estimate of drug-likeness (QED) is 0.854. The topological polar surface area (TPSA) is 94.1 Å². The molecule has 0 radical (unpaired) electrons. The summed E-state index contributed by atoms with van der Waals surface area (Å²) in [6.45, 7) is 0.358. The Hall–Kier alpha value is -1.93. The number of likely N-dealkylation sites (N-methyl/N-ethyl adjacent to an activating group) is 1. The van der Waals surface area contributed by atoms with Crippen molar-refractivity contribution in [3.63, 3.8) is 0 Å². The van der Waals surface area contributed by atoms with Gasteiger partial charge < -0.3 is 10.3 Å². The minimum absolute atomic E-state index is 0.0169. The van der Waals surface area contributed by atoms with Gasteiger partial charge >= 0.3 is 0 Å². The summed E-state index contributed by atoms with van der Waals surface area (Å²) in [6.07, 6.45) is 5.36. The highest BCUT2D eigenvalue weighted by Gasteiger charge is 2.26. The monoisotopic (exact) mass is 295 g/mol. The maximum Gasteiger partial charge on any atom is 0.262 e. The van der Waals surface area contributed by atoms with E-state index in [0.717, 1.165) is 5.56 Å². The predicted molar refractivity (Wildman–Crippen MR) is 75.4 cm³/mol. The smallest absolute Gasteiger partial charge is 0.262 e. The highest BCUT2D eigenvalue weighted by atomic mass is 32.2. The standard InChI is InChI=1S/C12H17N5O2S/c1-16-9-15-11(13)12(16)20(18,19)17(2)8-5-10-3-6-14-7-4-10/h3-4,6-7,9H,5,8,13H2,1-2H3. The molecule has 0 aromatic carbocycles. The Bertz CT molecular complexity index is 662. The Morgan fingerprint density at radius 1 is 1.35 bits per heavy atom. The molecule has 0 fully saturated rings. The third-order valence-corrected chi connectivity index (χ3v) is 5.02. The van der Waals surface area contributed by atoms with Crippen LogP contribution in [0.15, 0.2) is 35.9 Å². The molecular formula is C12H17N5O2S. The summed E-state index contributed by atoms with van der Waals surface area (Å²) in [4.78, 5) is 7.73. The fourth-order valence-corrected chi connectivity index (χ4v) is 3.21. The van der Waals surface area contributed by atoms with Crippen molar-refractivity contribution < 1.29 is 8.42 Å². The zero-order valence-electron chi connectivity index (χ0n) is 11.4. The van der Waals surface area contributed by atoms with Crippen LogP contribution >= 0.6 is 0 Å². The zero-order valence-corrected chi connectivity index (χ0v) is 12.2. The molecule has 2 aromatic rings. The Morgan fingerprint density at radius 2 is 2.00 bits per heavy atom. The maximum atomic E-state index is 12.4. The van der Waals surface area contributed by atoms with Crippen molar-refractivity contribution in [2.45, 2.75) is 11.4 Å². The molecule has 2 N–H and O–H groups in total. The number of nitrogens with two attached hydrogens (primary N) is 1. The molecule has 0 aliphatic heterocycles. The molecule has 0 unspecified atom stereocenters. The van der Waals surface area contributed by atoms with Gasteiger partial charge in [0.05, 0.1) is 6.33 Å². The molecule has 7 nitrogen and oxygen atoms in total. The molecular weight excluding hydrogens is 278 g/mol. The summed E-state index contributed by atoms with van der Waals surface area (Å²) < 4.78 is 27.5. The minimum Gasteiger partial charge on any atom is -0.381 e.